The van der Waals surface area contributed by atoms with Crippen LogP contribution in [0.3, 0.4) is 0 Å². The molecule has 0 aliphatic carbocycles. The smallest absolute Gasteiger partial charge is 0.119 e. The molecule has 0 saturated heterocycles. The largest absolute Gasteiger partial charge is 0.497 e. The fourth-order valence-corrected chi connectivity index (χ4v) is 1.90. The summed E-state index contributed by atoms with van der Waals surface area (Å²) in [6, 6.07) is 3.95. The summed E-state index contributed by atoms with van der Waals surface area (Å²) in [5.74, 6) is 0.819. The fourth-order valence-electron chi connectivity index (χ4n) is 1.90. The number of hydrogen-bond donors (Lipinski definition) is 1. The van der Waals surface area contributed by atoms with Gasteiger partial charge in [0.1, 0.15) is 5.75 Å². The second-order valence-corrected chi connectivity index (χ2v) is 5.48. The first-order valence-electron chi connectivity index (χ1n) is 5.64. The monoisotopic (exact) mass is 222 g/mol. The van der Waals surface area contributed by atoms with Crippen molar-refractivity contribution in [2.75, 3.05) is 7.11 Å². The van der Waals surface area contributed by atoms with Crippen LogP contribution in [0.2, 0.25) is 0 Å². The van der Waals surface area contributed by atoms with Crippen LogP contribution < -0.4 is 4.74 Å². The van der Waals surface area contributed by atoms with Crippen molar-refractivity contribution in [3.05, 3.63) is 28.8 Å². The van der Waals surface area contributed by atoms with Crippen LogP contribution in [0.15, 0.2) is 12.1 Å². The van der Waals surface area contributed by atoms with E-state index in [9.17, 15) is 5.11 Å². The molecule has 90 valence electrons. The normalized spacial score (nSPS) is 11.6. The van der Waals surface area contributed by atoms with Crippen LogP contribution in [0, 0.1) is 12.3 Å². The van der Waals surface area contributed by atoms with E-state index in [0.29, 0.717) is 0 Å². The molecule has 1 rings (SSSR count). The van der Waals surface area contributed by atoms with Gasteiger partial charge >= 0.3 is 0 Å². The summed E-state index contributed by atoms with van der Waals surface area (Å²) < 4.78 is 5.21. The molecular weight excluding hydrogens is 200 g/mol. The Bertz CT molecular complexity index is 362. The number of benzene rings is 1. The summed E-state index contributed by atoms with van der Waals surface area (Å²) in [5, 5.41) is 9.40. The molecule has 0 amide bonds. The van der Waals surface area contributed by atoms with Gasteiger partial charge in [0.15, 0.2) is 0 Å². The number of ether oxygens (including phenoxy) is 1. The van der Waals surface area contributed by atoms with E-state index in [1.165, 1.54) is 11.1 Å². The van der Waals surface area contributed by atoms with E-state index in [0.717, 1.165) is 17.7 Å². The van der Waals surface area contributed by atoms with Gasteiger partial charge in [-0.1, -0.05) is 20.8 Å². The van der Waals surface area contributed by atoms with Gasteiger partial charge in [-0.05, 0) is 47.6 Å². The van der Waals surface area contributed by atoms with Crippen LogP contribution in [0.5, 0.6) is 5.75 Å². The van der Waals surface area contributed by atoms with Crippen LogP contribution >= 0.6 is 0 Å². The average Bonchev–Trinajstić information content (AvgIpc) is 2.19. The lowest BCUT2D eigenvalue weighted by Crippen LogP contribution is -2.12. The molecule has 0 aliphatic rings. The van der Waals surface area contributed by atoms with Crippen molar-refractivity contribution in [3.63, 3.8) is 0 Å². The highest BCUT2D eigenvalue weighted by molar-refractivity contribution is 5.42. The molecule has 0 fully saturated rings. The molecule has 0 unspecified atom stereocenters. The topological polar surface area (TPSA) is 29.5 Å². The van der Waals surface area contributed by atoms with Gasteiger partial charge in [-0.3, -0.25) is 0 Å². The zero-order valence-electron chi connectivity index (χ0n) is 10.9. The van der Waals surface area contributed by atoms with E-state index in [1.54, 1.807) is 7.11 Å². The van der Waals surface area contributed by atoms with Gasteiger partial charge in [0.05, 0.1) is 13.7 Å². The van der Waals surface area contributed by atoms with Gasteiger partial charge in [0.2, 0.25) is 0 Å². The lowest BCUT2D eigenvalue weighted by atomic mass is 9.84. The van der Waals surface area contributed by atoms with Gasteiger partial charge in [0, 0.05) is 0 Å². The van der Waals surface area contributed by atoms with Crippen LogP contribution in [-0.4, -0.2) is 12.2 Å². The molecule has 0 bridgehead atoms. The second-order valence-electron chi connectivity index (χ2n) is 5.48. The van der Waals surface area contributed by atoms with Crippen molar-refractivity contribution in [2.24, 2.45) is 5.41 Å². The SMILES string of the molecule is COc1cc(C)c(CC(C)(C)C)c(CO)c1. The number of rotatable bonds is 3. The van der Waals surface area contributed by atoms with Gasteiger partial charge in [-0.15, -0.1) is 0 Å². The van der Waals surface area contributed by atoms with E-state index >= 15 is 0 Å². The van der Waals surface area contributed by atoms with Crippen LogP contribution in [-0.2, 0) is 13.0 Å². The van der Waals surface area contributed by atoms with Crippen molar-refractivity contribution >= 4 is 0 Å². The molecule has 1 aromatic carbocycles. The Balaban J connectivity index is 3.16. The van der Waals surface area contributed by atoms with Gasteiger partial charge in [0.25, 0.3) is 0 Å². The maximum absolute atomic E-state index is 9.40. The maximum Gasteiger partial charge on any atom is 0.119 e. The van der Waals surface area contributed by atoms with Crippen molar-refractivity contribution in [1.29, 1.82) is 0 Å². The number of methoxy groups -OCH3 is 1. The predicted molar refractivity (Wildman–Crippen MR) is 66.8 cm³/mol. The third-order valence-electron chi connectivity index (χ3n) is 2.65. The Morgan fingerprint density at radius 2 is 1.88 bits per heavy atom. The standard InChI is InChI=1S/C14H22O2/c1-10-6-12(16-5)7-11(9-15)13(10)8-14(2,3)4/h6-7,15H,8-9H2,1-5H3. The number of aliphatic hydroxyl groups is 1. The van der Waals surface area contributed by atoms with Crippen molar-refractivity contribution in [3.8, 4) is 5.75 Å². The molecule has 0 spiro atoms. The minimum atomic E-state index is 0.0729. The quantitative estimate of drug-likeness (QED) is 0.851. The summed E-state index contributed by atoms with van der Waals surface area (Å²) in [6.45, 7) is 8.76. The summed E-state index contributed by atoms with van der Waals surface area (Å²) in [4.78, 5) is 0. The zero-order valence-corrected chi connectivity index (χ0v) is 10.9. The summed E-state index contributed by atoms with van der Waals surface area (Å²) in [7, 11) is 1.65. The highest BCUT2D eigenvalue weighted by Gasteiger charge is 2.16. The Morgan fingerprint density at radius 1 is 1.25 bits per heavy atom. The van der Waals surface area contributed by atoms with Crippen LogP contribution in [0.4, 0.5) is 0 Å². The fraction of sp³-hybridized carbons (Fsp3) is 0.571. The molecule has 16 heavy (non-hydrogen) atoms. The summed E-state index contributed by atoms with van der Waals surface area (Å²) in [5.41, 5.74) is 3.64. The third kappa shape index (κ3) is 3.24. The molecule has 0 aliphatic heterocycles. The molecule has 0 radical (unpaired) electrons. The predicted octanol–water partition coefficient (Wildman–Crippen LogP) is 3.08. The van der Waals surface area contributed by atoms with Crippen molar-refractivity contribution < 1.29 is 9.84 Å². The number of aryl methyl sites for hydroxylation is 1. The summed E-state index contributed by atoms with van der Waals surface area (Å²) >= 11 is 0. The first kappa shape index (κ1) is 13.0. The number of aliphatic hydroxyl groups excluding tert-OH is 1. The molecule has 0 atom stereocenters. The minimum absolute atomic E-state index is 0.0729. The van der Waals surface area contributed by atoms with Crippen molar-refractivity contribution in [2.45, 2.75) is 40.7 Å². The third-order valence-corrected chi connectivity index (χ3v) is 2.65. The molecule has 0 heterocycles. The Kier molecular flexibility index (Phi) is 3.98. The summed E-state index contributed by atoms with van der Waals surface area (Å²) in [6.07, 6.45) is 0.971. The maximum atomic E-state index is 9.40. The Labute approximate surface area is 98.3 Å². The molecule has 1 N–H and O–H groups in total. The molecular formula is C14H22O2. The first-order chi connectivity index (χ1) is 7.37. The lowest BCUT2D eigenvalue weighted by Gasteiger charge is -2.22. The molecule has 0 saturated carbocycles. The highest BCUT2D eigenvalue weighted by Crippen LogP contribution is 2.28. The van der Waals surface area contributed by atoms with E-state index in [2.05, 4.69) is 27.7 Å². The lowest BCUT2D eigenvalue weighted by molar-refractivity contribution is 0.277. The zero-order chi connectivity index (χ0) is 12.3. The minimum Gasteiger partial charge on any atom is -0.497 e. The van der Waals surface area contributed by atoms with E-state index in [4.69, 9.17) is 4.74 Å². The van der Waals surface area contributed by atoms with E-state index in [1.807, 2.05) is 12.1 Å². The Morgan fingerprint density at radius 3 is 2.31 bits per heavy atom. The molecule has 2 nitrogen and oxygen atoms in total. The number of hydrogen-bond acceptors (Lipinski definition) is 2. The van der Waals surface area contributed by atoms with Gasteiger partial charge in [-0.25, -0.2) is 0 Å². The average molecular weight is 222 g/mol. The van der Waals surface area contributed by atoms with Gasteiger partial charge in [-0.2, -0.15) is 0 Å². The van der Waals surface area contributed by atoms with Gasteiger partial charge < -0.3 is 9.84 Å². The molecule has 1 aromatic rings. The first-order valence-corrected chi connectivity index (χ1v) is 5.64. The van der Waals surface area contributed by atoms with E-state index < -0.39 is 0 Å². The molecule has 0 aromatic heterocycles. The second kappa shape index (κ2) is 4.88. The Hall–Kier alpha value is -1.02. The molecule has 2 heteroatoms. The highest BCUT2D eigenvalue weighted by atomic mass is 16.5. The van der Waals surface area contributed by atoms with Crippen LogP contribution in [0.25, 0.3) is 0 Å². The van der Waals surface area contributed by atoms with Crippen LogP contribution in [0.1, 0.15) is 37.5 Å². The van der Waals surface area contributed by atoms with Crippen molar-refractivity contribution in [1.82, 2.24) is 0 Å². The van der Waals surface area contributed by atoms with E-state index in [-0.39, 0.29) is 12.0 Å².